The molecule has 12 rings (SSSR count). The number of aromatic amines is 2. The Hall–Kier alpha value is -9.08. The van der Waals surface area contributed by atoms with Crippen LogP contribution in [-0.2, 0) is 0 Å². The van der Waals surface area contributed by atoms with Crippen molar-refractivity contribution in [3.05, 3.63) is 241 Å². The third-order valence-corrected chi connectivity index (χ3v) is 12.6. The van der Waals surface area contributed by atoms with Crippen LogP contribution in [0.3, 0.4) is 0 Å². The molecule has 2 heterocycles. The average Bonchev–Trinajstić information content (AvgIpc) is 3.51. The lowest BCUT2D eigenvalue weighted by Gasteiger charge is -2.09. The summed E-state index contributed by atoms with van der Waals surface area (Å²) < 4.78 is 0. The van der Waals surface area contributed by atoms with Crippen LogP contribution in [0.4, 0.5) is 11.4 Å². The van der Waals surface area contributed by atoms with Crippen LogP contribution in [0.5, 0.6) is 0 Å². The molecular formula is C62H50N4O4. The molecule has 0 saturated carbocycles. The lowest BCUT2D eigenvalue weighted by atomic mass is 9.94. The van der Waals surface area contributed by atoms with E-state index in [0.717, 1.165) is 90.7 Å². The van der Waals surface area contributed by atoms with Crippen molar-refractivity contribution < 1.29 is 15.1 Å². The molecule has 12 aromatic rings. The molecule has 10 aromatic carbocycles. The Morgan fingerprint density at radius 3 is 1.14 bits per heavy atom. The minimum atomic E-state index is -0.322. The first-order valence-electron chi connectivity index (χ1n) is 22.9. The van der Waals surface area contributed by atoms with E-state index in [1.165, 1.54) is 32.7 Å². The van der Waals surface area contributed by atoms with Crippen molar-refractivity contribution in [2.45, 2.75) is 0 Å². The van der Waals surface area contributed by atoms with Gasteiger partial charge in [0.2, 0.25) is 0 Å². The molecule has 0 fully saturated rings. The number of hydrogen-bond donors (Lipinski definition) is 5. The van der Waals surface area contributed by atoms with Gasteiger partial charge in [-0.25, -0.2) is 0 Å². The van der Waals surface area contributed by atoms with Gasteiger partial charge in [0.15, 0.2) is 0 Å². The quantitative estimate of drug-likeness (QED) is 0.0682. The number of aromatic nitrogens is 2. The standard InChI is InChI=1S/C30H20N2O2.C30H22N2.2CH4O/c33-32(34)28-19-9-17-25-23-13-5-4-12-22(23)24-16-8-15-21(20-10-2-1-3-11-20)29(24)26-14-6-7-18-27(26)31-30(25)28;31-27-18-9-17-25-23-13-5-4-12-22(23)24-16-8-15-21(20-10-2-1-3-11-20)29(24)26-14-6-7-19-28(26)32-30(25)27;2*1-2/h1-19,31H;1-19,32H,31H2;2*2H,1H3. The normalized spacial score (nSPS) is 10.7. The molecule has 0 aliphatic rings. The number of nitrogen functional groups attached to an aromatic ring is 1. The first kappa shape index (κ1) is 46.0. The summed E-state index contributed by atoms with van der Waals surface area (Å²) in [5, 5.41) is 39.0. The largest absolute Gasteiger partial charge is 0.400 e. The van der Waals surface area contributed by atoms with Gasteiger partial charge in [-0.1, -0.05) is 206 Å². The number of nitro groups is 1. The van der Waals surface area contributed by atoms with Crippen LogP contribution in [0.25, 0.3) is 109 Å². The number of H-pyrrole nitrogens is 2. The van der Waals surface area contributed by atoms with Gasteiger partial charge in [0.05, 0.1) is 16.1 Å². The lowest BCUT2D eigenvalue weighted by Crippen LogP contribution is -1.90. The van der Waals surface area contributed by atoms with Crippen molar-refractivity contribution in [2.24, 2.45) is 0 Å². The van der Waals surface area contributed by atoms with Crippen molar-refractivity contribution in [1.82, 2.24) is 9.97 Å². The van der Waals surface area contributed by atoms with Crippen molar-refractivity contribution in [3.8, 4) is 22.3 Å². The van der Waals surface area contributed by atoms with E-state index in [4.69, 9.17) is 15.9 Å². The molecule has 0 amide bonds. The summed E-state index contributed by atoms with van der Waals surface area (Å²) in [4.78, 5) is 18.8. The first-order chi connectivity index (χ1) is 34.5. The van der Waals surface area contributed by atoms with Crippen LogP contribution >= 0.6 is 0 Å². The fourth-order valence-corrected chi connectivity index (χ4v) is 9.63. The van der Waals surface area contributed by atoms with Gasteiger partial charge in [-0.05, 0) is 83.5 Å². The van der Waals surface area contributed by atoms with Crippen molar-refractivity contribution in [3.63, 3.8) is 0 Å². The van der Waals surface area contributed by atoms with E-state index in [9.17, 15) is 10.1 Å². The number of nitrogens with one attached hydrogen (secondary N) is 2. The molecule has 8 nitrogen and oxygen atoms in total. The second-order valence-corrected chi connectivity index (χ2v) is 16.3. The molecule has 6 N–H and O–H groups in total. The predicted molar refractivity (Wildman–Crippen MR) is 295 cm³/mol. The minimum Gasteiger partial charge on any atom is -0.400 e. The van der Waals surface area contributed by atoms with Crippen LogP contribution < -0.4 is 5.73 Å². The number of nitrogens with zero attached hydrogens (tertiary/aromatic N) is 1. The van der Waals surface area contributed by atoms with E-state index < -0.39 is 0 Å². The molecule has 0 bridgehead atoms. The summed E-state index contributed by atoms with van der Waals surface area (Å²) >= 11 is 0. The number of non-ortho nitro benzene ring substituents is 1. The molecule has 0 aliphatic heterocycles. The fourth-order valence-electron chi connectivity index (χ4n) is 9.63. The summed E-state index contributed by atoms with van der Waals surface area (Å²) in [7, 11) is 2.00. The maximum absolute atomic E-state index is 12.0. The van der Waals surface area contributed by atoms with Crippen LogP contribution in [-0.4, -0.2) is 39.3 Å². The van der Waals surface area contributed by atoms with Gasteiger partial charge in [0.25, 0.3) is 5.69 Å². The van der Waals surface area contributed by atoms with Crippen molar-refractivity contribution in [2.75, 3.05) is 20.0 Å². The lowest BCUT2D eigenvalue weighted by molar-refractivity contribution is -0.383. The Labute approximate surface area is 404 Å². The van der Waals surface area contributed by atoms with Crippen LogP contribution in [0.1, 0.15) is 0 Å². The Kier molecular flexibility index (Phi) is 13.7. The minimum absolute atomic E-state index is 0.0522. The van der Waals surface area contributed by atoms with Gasteiger partial charge in [-0.15, -0.1) is 0 Å². The van der Waals surface area contributed by atoms with E-state index in [-0.39, 0.29) is 10.6 Å². The number of benzene rings is 10. The molecule has 8 heteroatoms. The number of fused-ring (bicyclic) bond motifs is 14. The second kappa shape index (κ2) is 20.8. The third kappa shape index (κ3) is 8.68. The second-order valence-electron chi connectivity index (χ2n) is 16.3. The van der Waals surface area contributed by atoms with Gasteiger partial charge in [-0.3, -0.25) is 10.1 Å². The molecule has 0 atom stereocenters. The monoisotopic (exact) mass is 914 g/mol. The molecule has 0 aliphatic carbocycles. The number of anilines is 1. The van der Waals surface area contributed by atoms with Gasteiger partial charge in [0.1, 0.15) is 5.52 Å². The van der Waals surface area contributed by atoms with E-state index in [1.54, 1.807) is 12.1 Å². The van der Waals surface area contributed by atoms with Gasteiger partial charge >= 0.3 is 0 Å². The van der Waals surface area contributed by atoms with Crippen LogP contribution in [0, 0.1) is 10.1 Å². The molecule has 0 saturated heterocycles. The molecular weight excluding hydrogens is 865 g/mol. The summed E-state index contributed by atoms with van der Waals surface area (Å²) in [6.45, 7) is 0. The van der Waals surface area contributed by atoms with E-state index in [0.29, 0.717) is 5.52 Å². The number of aliphatic hydroxyl groups excluding tert-OH is 2. The molecule has 0 unspecified atom stereocenters. The highest BCUT2D eigenvalue weighted by atomic mass is 16.6. The predicted octanol–water partition coefficient (Wildman–Crippen LogP) is 15.5. The SMILES string of the molecule is CO.CO.Nc1cccc2c1[nH]c1ccccc1c1c(-c3ccccc3)cccc1c1ccccc21.O=[N+]([O-])c1cccc2c1[nH]c1ccccc1c1c(-c3ccccc3)cccc1c1ccccc21. The molecule has 70 heavy (non-hydrogen) atoms. The molecule has 0 radical (unpaired) electrons. The number of hydrogen-bond acceptors (Lipinski definition) is 5. The topological polar surface area (TPSA) is 141 Å². The first-order valence-corrected chi connectivity index (χ1v) is 22.9. The Morgan fingerprint density at radius 2 is 0.686 bits per heavy atom. The molecule has 0 spiro atoms. The van der Waals surface area contributed by atoms with E-state index >= 15 is 0 Å². The van der Waals surface area contributed by atoms with Crippen molar-refractivity contribution >= 4 is 98.1 Å². The zero-order valence-corrected chi connectivity index (χ0v) is 38.7. The zero-order valence-electron chi connectivity index (χ0n) is 38.7. The van der Waals surface area contributed by atoms with Crippen molar-refractivity contribution in [1.29, 1.82) is 0 Å². The fraction of sp³-hybridized carbons (Fsp3) is 0.0323. The number of aliphatic hydroxyl groups is 2. The zero-order chi connectivity index (χ0) is 48.6. The maximum atomic E-state index is 12.0. The summed E-state index contributed by atoms with van der Waals surface area (Å²) in [5.74, 6) is 0. The van der Waals surface area contributed by atoms with Crippen LogP contribution in [0.2, 0.25) is 0 Å². The van der Waals surface area contributed by atoms with Gasteiger partial charge in [0, 0.05) is 52.9 Å². The average molecular weight is 915 g/mol. The summed E-state index contributed by atoms with van der Waals surface area (Å²) in [6.07, 6.45) is 0. The molecule has 342 valence electrons. The smallest absolute Gasteiger partial charge is 0.293 e. The summed E-state index contributed by atoms with van der Waals surface area (Å²) in [5.41, 5.74) is 15.3. The van der Waals surface area contributed by atoms with E-state index in [2.05, 4.69) is 156 Å². The number of para-hydroxylation sites is 4. The highest BCUT2D eigenvalue weighted by molar-refractivity contribution is 6.24. The Morgan fingerprint density at radius 1 is 0.357 bits per heavy atom. The van der Waals surface area contributed by atoms with E-state index in [1.807, 2.05) is 72.8 Å². The Bertz CT molecular complexity index is 4000. The number of nitro benzene ring substituents is 1. The number of rotatable bonds is 3. The number of nitrogens with two attached hydrogens (primary N) is 1. The van der Waals surface area contributed by atoms with Crippen LogP contribution in [0.15, 0.2) is 231 Å². The highest BCUT2D eigenvalue weighted by Gasteiger charge is 2.16. The van der Waals surface area contributed by atoms with Gasteiger partial charge < -0.3 is 25.9 Å². The third-order valence-electron chi connectivity index (χ3n) is 12.6. The maximum Gasteiger partial charge on any atom is 0.293 e. The molecule has 2 aromatic heterocycles. The summed E-state index contributed by atoms with van der Waals surface area (Å²) in [6, 6.07) is 78.5. The highest BCUT2D eigenvalue weighted by Crippen LogP contribution is 2.40. The van der Waals surface area contributed by atoms with Gasteiger partial charge in [-0.2, -0.15) is 0 Å². The Balaban J connectivity index is 0.000000163.